The van der Waals surface area contributed by atoms with Crippen LogP contribution in [0.25, 0.3) is 0 Å². The summed E-state index contributed by atoms with van der Waals surface area (Å²) in [5.74, 6) is -1.31. The third-order valence-corrected chi connectivity index (χ3v) is 15.5. The van der Waals surface area contributed by atoms with Crippen LogP contribution in [0.5, 0.6) is 5.75 Å². The molecule has 18 heteroatoms. The number of esters is 1. The largest absolute Gasteiger partial charge is 0.508 e. The second-order valence-electron chi connectivity index (χ2n) is 17.5. The van der Waals surface area contributed by atoms with Crippen LogP contribution in [0.2, 0.25) is 0 Å². The molecular weight excluding hydrogens is 889 g/mol. The maximum atomic E-state index is 14.8. The molecule has 1 aliphatic rings. The number of nitrogens with zero attached hydrogens (tertiary/aromatic N) is 3. The van der Waals surface area contributed by atoms with Crippen LogP contribution in [0.1, 0.15) is 140 Å². The molecule has 0 radical (unpaired) electrons. The van der Waals surface area contributed by atoms with Gasteiger partial charge in [-0.05, 0) is 81.6 Å². The van der Waals surface area contributed by atoms with E-state index in [0.717, 1.165) is 37.1 Å². The molecule has 364 valence electrons. The average molecular weight is 963 g/mol. The molecule has 1 aromatic carbocycles. The summed E-state index contributed by atoms with van der Waals surface area (Å²) in [6.07, 6.45) is 4.72. The molecule has 65 heavy (non-hydrogen) atoms. The van der Waals surface area contributed by atoms with Crippen LogP contribution in [0, 0.1) is 23.7 Å². The highest BCUT2D eigenvalue weighted by Crippen LogP contribution is 2.33. The van der Waals surface area contributed by atoms with Crippen molar-refractivity contribution in [2.45, 2.75) is 144 Å². The van der Waals surface area contributed by atoms with E-state index in [-0.39, 0.29) is 85.6 Å². The molecule has 4 amide bonds. The first-order valence-corrected chi connectivity index (χ1v) is 26.6. The topological polar surface area (TPSA) is 197 Å². The van der Waals surface area contributed by atoms with Crippen molar-refractivity contribution in [2.75, 3.05) is 38.4 Å². The van der Waals surface area contributed by atoms with Gasteiger partial charge >= 0.3 is 12.1 Å². The van der Waals surface area contributed by atoms with E-state index in [1.807, 2.05) is 55.5 Å². The minimum atomic E-state index is -0.769. The number of Topliss-reactive ketones (excluding diaryl/α,β-unsaturated/α-hetero) is 1. The first-order valence-electron chi connectivity index (χ1n) is 23.2. The molecule has 3 rings (SSSR count). The molecule has 7 atom stereocenters. The number of likely N-dealkylation sites (N-methyl/N-ethyl adjacent to an activating group) is 1. The van der Waals surface area contributed by atoms with Gasteiger partial charge in [-0.15, -0.1) is 11.3 Å². The van der Waals surface area contributed by atoms with Crippen LogP contribution in [-0.2, 0) is 35.1 Å². The number of hydrogen-bond acceptors (Lipinski definition) is 14. The lowest BCUT2D eigenvalue weighted by atomic mass is 9.82. The van der Waals surface area contributed by atoms with Gasteiger partial charge in [-0.2, -0.15) is 0 Å². The molecule has 1 fully saturated rings. The van der Waals surface area contributed by atoms with E-state index >= 15 is 0 Å². The van der Waals surface area contributed by atoms with Crippen LogP contribution < -0.4 is 16.2 Å². The van der Waals surface area contributed by atoms with Crippen molar-refractivity contribution in [3.63, 3.8) is 0 Å². The Labute approximate surface area is 398 Å². The molecule has 1 saturated heterocycles. The average Bonchev–Trinajstić information content (AvgIpc) is 3.78. The predicted octanol–water partition coefficient (Wildman–Crippen LogP) is 8.13. The number of ether oxygens (including phenoxy) is 2. The number of benzene rings is 1. The van der Waals surface area contributed by atoms with Crippen LogP contribution in [0.3, 0.4) is 0 Å². The molecule has 4 N–H and O–H groups in total. The molecule has 1 aromatic heterocycles. The zero-order valence-corrected chi connectivity index (χ0v) is 42.3. The predicted molar refractivity (Wildman–Crippen MR) is 259 cm³/mol. The molecule has 0 bridgehead atoms. The van der Waals surface area contributed by atoms with Gasteiger partial charge in [0.1, 0.15) is 18.1 Å². The van der Waals surface area contributed by atoms with Gasteiger partial charge in [-0.1, -0.05) is 102 Å². The molecule has 2 heterocycles. The van der Waals surface area contributed by atoms with Crippen LogP contribution >= 0.6 is 32.9 Å². The maximum Gasteiger partial charge on any atom is 0.426 e. The van der Waals surface area contributed by atoms with Gasteiger partial charge in [-0.25, -0.2) is 15.2 Å². The van der Waals surface area contributed by atoms with Crippen molar-refractivity contribution in [1.82, 2.24) is 31.0 Å². The summed E-state index contributed by atoms with van der Waals surface area (Å²) in [7, 11) is 5.23. The highest BCUT2D eigenvalue weighted by Gasteiger charge is 2.38. The molecule has 2 aromatic rings. The Morgan fingerprint density at radius 1 is 0.969 bits per heavy atom. The number of likely N-dealkylation sites (tertiary alicyclic amines) is 1. The minimum absolute atomic E-state index is 0.0544. The Hall–Kier alpha value is -3.87. The number of amides is 4. The van der Waals surface area contributed by atoms with E-state index in [0.29, 0.717) is 36.4 Å². The minimum Gasteiger partial charge on any atom is -0.508 e. The summed E-state index contributed by atoms with van der Waals surface area (Å²) in [6, 6.07) is 5.49. The summed E-state index contributed by atoms with van der Waals surface area (Å²) in [5, 5.41) is 15.3. The number of thiazole rings is 1. The summed E-state index contributed by atoms with van der Waals surface area (Å²) in [4.78, 5) is 89.0. The van der Waals surface area contributed by atoms with Gasteiger partial charge in [0.25, 0.3) is 5.91 Å². The molecule has 0 spiro atoms. The van der Waals surface area contributed by atoms with Crippen molar-refractivity contribution < 1.29 is 43.3 Å². The number of phenolic OH excluding ortho intramolecular Hbond substituents is 1. The molecule has 1 unspecified atom stereocenters. The highest BCUT2D eigenvalue weighted by atomic mass is 33.1. The monoisotopic (exact) mass is 962 g/mol. The van der Waals surface area contributed by atoms with E-state index in [4.69, 9.17) is 14.5 Å². The van der Waals surface area contributed by atoms with E-state index in [2.05, 4.69) is 21.1 Å². The van der Waals surface area contributed by atoms with Crippen molar-refractivity contribution in [3.8, 4) is 5.75 Å². The van der Waals surface area contributed by atoms with Gasteiger partial charge < -0.3 is 24.8 Å². The maximum absolute atomic E-state index is 14.8. The smallest absolute Gasteiger partial charge is 0.426 e. The Kier molecular flexibility index (Phi) is 24.8. The quantitative estimate of drug-likeness (QED) is 0.0221. The molecule has 0 aliphatic carbocycles. The molecule has 1 aliphatic heterocycles. The van der Waals surface area contributed by atoms with Crippen molar-refractivity contribution >= 4 is 68.5 Å². The van der Waals surface area contributed by atoms with Gasteiger partial charge in [0.15, 0.2) is 12.5 Å². The first kappa shape index (κ1) is 55.5. The molecular formula is C47H74N6O9S3. The van der Waals surface area contributed by atoms with Crippen LogP contribution in [0.4, 0.5) is 4.79 Å². The van der Waals surface area contributed by atoms with E-state index in [1.165, 1.54) is 11.3 Å². The summed E-state index contributed by atoms with van der Waals surface area (Å²) < 4.78 is 10.9. The van der Waals surface area contributed by atoms with E-state index < -0.39 is 41.8 Å². The summed E-state index contributed by atoms with van der Waals surface area (Å²) >= 11 is 1.34. The van der Waals surface area contributed by atoms with Gasteiger partial charge in [0.2, 0.25) is 11.8 Å². The number of piperidine rings is 1. The Morgan fingerprint density at radius 3 is 2.34 bits per heavy atom. The van der Waals surface area contributed by atoms with E-state index in [9.17, 15) is 33.9 Å². The van der Waals surface area contributed by atoms with Crippen molar-refractivity contribution in [1.29, 1.82) is 0 Å². The fourth-order valence-electron chi connectivity index (χ4n) is 7.93. The van der Waals surface area contributed by atoms with E-state index in [1.54, 1.807) is 63.1 Å². The highest BCUT2D eigenvalue weighted by molar-refractivity contribution is 8.76. The number of rotatable bonds is 27. The SMILES string of the molecule is CCCC(=O)OCN(C(=O)[C@@H](CC(=O)[C@H]1CCCCN1C)C(C)CC)[C@H](C[C@@H](C)c1nc(C(=O)N[C@@H](Cc2ccc(O)cc2)C[C@H](C)C(=O)NNC(=O)OCCSSCC)cs1)C(C)C. The Morgan fingerprint density at radius 2 is 1.69 bits per heavy atom. The normalized spacial score (nSPS) is 16.9. The number of aromatic nitrogens is 1. The summed E-state index contributed by atoms with van der Waals surface area (Å²) in [5.41, 5.74) is 5.73. The lowest BCUT2D eigenvalue weighted by Gasteiger charge is -2.39. The standard InChI is InChI=1S/C47H74N6O9S3/c1-10-15-42(56)62-29-53(46(59)37(31(6)11-2)27-41(55)39-16-13-14-21-52(39)9)40(30(4)5)25-33(8)45-49-38(28-63-45)44(58)48-35(26-34-17-19-36(54)20-18-34)24-32(7)43(57)50-51-47(60)61-22-23-65-64-12-3/h17-20,28,30-33,35,37,39-40,54H,10-16,21-27,29H2,1-9H3,(H,48,58)(H,50,57)(H,51,60)/t31?,32-,33+,35+,37-,39+,40+/m0/s1. The van der Waals surface area contributed by atoms with Crippen LogP contribution in [0.15, 0.2) is 29.6 Å². The number of hydrogen-bond donors (Lipinski definition) is 4. The van der Waals surface area contributed by atoms with Gasteiger partial charge in [0.05, 0.1) is 11.0 Å². The van der Waals surface area contributed by atoms with Crippen LogP contribution in [-0.4, -0.2) is 112 Å². The lowest BCUT2D eigenvalue weighted by Crippen LogP contribution is -2.50. The summed E-state index contributed by atoms with van der Waals surface area (Å²) in [6.45, 7) is 16.5. The fraction of sp³-hybridized carbons (Fsp3) is 0.681. The number of phenols is 1. The lowest BCUT2D eigenvalue weighted by molar-refractivity contribution is -0.160. The fourth-order valence-corrected chi connectivity index (χ4v) is 10.3. The number of aromatic hydroxyl groups is 1. The number of hydrazine groups is 1. The second-order valence-corrected chi connectivity index (χ2v) is 21.3. The van der Waals surface area contributed by atoms with Gasteiger partial charge in [-0.3, -0.25) is 34.3 Å². The third kappa shape index (κ3) is 18.7. The zero-order valence-electron chi connectivity index (χ0n) is 39.9. The number of nitrogens with one attached hydrogen (secondary N) is 3. The van der Waals surface area contributed by atoms with Gasteiger partial charge in [0, 0.05) is 59.6 Å². The van der Waals surface area contributed by atoms with Crippen molar-refractivity contribution in [3.05, 3.63) is 45.9 Å². The Balaban J connectivity index is 1.79. The molecule has 0 saturated carbocycles. The Bertz CT molecular complexity index is 1810. The van der Waals surface area contributed by atoms with Crippen molar-refractivity contribution in [2.24, 2.45) is 23.7 Å². The zero-order chi connectivity index (χ0) is 48.1. The number of carbonyl (C=O) groups is 6. The third-order valence-electron chi connectivity index (χ3n) is 12.0. The first-order chi connectivity index (χ1) is 31.0. The number of ketones is 1. The second kappa shape index (κ2) is 29.0. The molecule has 15 nitrogen and oxygen atoms in total. The number of carbonyl (C=O) groups excluding carboxylic acids is 6.